The Labute approximate surface area is 166 Å². The lowest BCUT2D eigenvalue weighted by Gasteiger charge is -2.09. The summed E-state index contributed by atoms with van der Waals surface area (Å²) in [6.45, 7) is 4.37. The van der Waals surface area contributed by atoms with Gasteiger partial charge in [-0.15, -0.1) is 0 Å². The van der Waals surface area contributed by atoms with Crippen LogP contribution in [0, 0.1) is 19.7 Å². The highest BCUT2D eigenvalue weighted by molar-refractivity contribution is 6.36. The first-order valence-electron chi connectivity index (χ1n) is 8.40. The summed E-state index contributed by atoms with van der Waals surface area (Å²) >= 11 is 11.6. The molecule has 1 aromatic heterocycles. The largest absolute Gasteiger partial charge is 0.352 e. The van der Waals surface area contributed by atoms with E-state index in [1.54, 1.807) is 0 Å². The summed E-state index contributed by atoms with van der Waals surface area (Å²) in [5.74, 6) is -1.11. The average Bonchev–Trinajstić information content (AvgIpc) is 2.97. The lowest BCUT2D eigenvalue weighted by molar-refractivity contribution is 0.0954. The van der Waals surface area contributed by atoms with Crippen molar-refractivity contribution in [1.29, 1.82) is 0 Å². The van der Waals surface area contributed by atoms with Crippen LogP contribution in [0.2, 0.25) is 10.0 Å². The molecule has 0 aliphatic heterocycles. The zero-order valence-corrected chi connectivity index (χ0v) is 16.4. The molecule has 1 N–H and O–H groups in total. The molecule has 0 saturated heterocycles. The minimum absolute atomic E-state index is 0.0680. The van der Waals surface area contributed by atoms with E-state index in [1.807, 2.05) is 48.9 Å². The monoisotopic (exact) mass is 405 g/mol. The molecule has 0 aliphatic rings. The fourth-order valence-corrected chi connectivity index (χ4v) is 3.28. The van der Waals surface area contributed by atoms with Crippen molar-refractivity contribution in [2.24, 2.45) is 0 Å². The number of carbonyl (C=O) groups excluding carboxylic acids is 1. The number of hydrogen-bond donors (Lipinski definition) is 1. The van der Waals surface area contributed by atoms with Gasteiger partial charge < -0.3 is 5.32 Å². The van der Waals surface area contributed by atoms with E-state index in [0.29, 0.717) is 13.0 Å². The van der Waals surface area contributed by atoms with E-state index in [0.717, 1.165) is 28.7 Å². The predicted molar refractivity (Wildman–Crippen MR) is 105 cm³/mol. The third-order valence-electron chi connectivity index (χ3n) is 4.14. The number of nitrogens with one attached hydrogen (secondary N) is 1. The van der Waals surface area contributed by atoms with Gasteiger partial charge in [0.1, 0.15) is 5.82 Å². The van der Waals surface area contributed by atoms with Crippen LogP contribution >= 0.6 is 23.2 Å². The van der Waals surface area contributed by atoms with Crippen LogP contribution in [0.4, 0.5) is 4.39 Å². The van der Waals surface area contributed by atoms with Gasteiger partial charge in [0.15, 0.2) is 0 Å². The molecule has 0 spiro atoms. The molecular weight excluding hydrogens is 388 g/mol. The molecule has 0 aliphatic carbocycles. The van der Waals surface area contributed by atoms with E-state index < -0.39 is 11.7 Å². The maximum atomic E-state index is 13.5. The van der Waals surface area contributed by atoms with Gasteiger partial charge in [-0.25, -0.2) is 9.07 Å². The Kier molecular flexibility index (Phi) is 5.82. The van der Waals surface area contributed by atoms with Crippen molar-refractivity contribution in [1.82, 2.24) is 15.1 Å². The number of aromatic nitrogens is 2. The second kappa shape index (κ2) is 8.11. The molecule has 140 valence electrons. The first-order chi connectivity index (χ1) is 12.8. The Morgan fingerprint density at radius 3 is 2.44 bits per heavy atom. The lowest BCUT2D eigenvalue weighted by atomic mass is 10.1. The molecule has 3 rings (SSSR count). The molecule has 2 aromatic carbocycles. The second-order valence-electron chi connectivity index (χ2n) is 6.26. The molecule has 4 nitrogen and oxygen atoms in total. The highest BCUT2D eigenvalue weighted by atomic mass is 35.5. The van der Waals surface area contributed by atoms with E-state index in [1.165, 1.54) is 6.07 Å². The van der Waals surface area contributed by atoms with Crippen LogP contribution in [0.1, 0.15) is 27.3 Å². The molecule has 0 saturated carbocycles. The van der Waals surface area contributed by atoms with Crippen molar-refractivity contribution in [3.8, 4) is 5.69 Å². The standard InChI is InChI=1S/C20H18Cl2FN3O/c1-12-9-13(2)26(25-12)15-5-3-14(4-6-15)7-8-24-20(27)16-10-19(23)18(22)11-17(16)21/h3-6,9-11H,7-8H2,1-2H3,(H,24,27). The summed E-state index contributed by atoms with van der Waals surface area (Å²) in [7, 11) is 0. The second-order valence-corrected chi connectivity index (χ2v) is 7.07. The first-order valence-corrected chi connectivity index (χ1v) is 9.16. The van der Waals surface area contributed by atoms with Gasteiger partial charge in [-0.05, 0) is 56.2 Å². The Morgan fingerprint density at radius 1 is 1.11 bits per heavy atom. The van der Waals surface area contributed by atoms with Gasteiger partial charge in [-0.3, -0.25) is 4.79 Å². The molecule has 3 aromatic rings. The number of benzene rings is 2. The normalized spacial score (nSPS) is 10.9. The van der Waals surface area contributed by atoms with E-state index in [9.17, 15) is 9.18 Å². The van der Waals surface area contributed by atoms with Gasteiger partial charge in [-0.1, -0.05) is 35.3 Å². The van der Waals surface area contributed by atoms with Crippen molar-refractivity contribution in [2.75, 3.05) is 6.54 Å². The van der Waals surface area contributed by atoms with E-state index >= 15 is 0 Å². The van der Waals surface area contributed by atoms with Crippen molar-refractivity contribution >= 4 is 29.1 Å². The molecule has 0 fully saturated rings. The average molecular weight is 406 g/mol. The SMILES string of the molecule is Cc1cc(C)n(-c2ccc(CCNC(=O)c3cc(F)c(Cl)cc3Cl)cc2)n1. The van der Waals surface area contributed by atoms with Crippen molar-refractivity contribution in [3.63, 3.8) is 0 Å². The van der Waals surface area contributed by atoms with E-state index in [-0.39, 0.29) is 15.6 Å². The molecule has 7 heteroatoms. The number of rotatable bonds is 5. The summed E-state index contributed by atoms with van der Waals surface area (Å²) in [6.07, 6.45) is 0.636. The van der Waals surface area contributed by atoms with Crippen LogP contribution in [-0.2, 0) is 6.42 Å². The lowest BCUT2D eigenvalue weighted by Crippen LogP contribution is -2.26. The topological polar surface area (TPSA) is 46.9 Å². The van der Waals surface area contributed by atoms with Gasteiger partial charge in [0.2, 0.25) is 0 Å². The molecule has 1 amide bonds. The maximum absolute atomic E-state index is 13.5. The quantitative estimate of drug-likeness (QED) is 0.613. The molecule has 27 heavy (non-hydrogen) atoms. The summed E-state index contributed by atoms with van der Waals surface area (Å²) in [5, 5.41) is 7.21. The molecular formula is C20H18Cl2FN3O. The van der Waals surface area contributed by atoms with Crippen LogP contribution in [0.5, 0.6) is 0 Å². The molecule has 0 unspecified atom stereocenters. The minimum atomic E-state index is -0.675. The van der Waals surface area contributed by atoms with Crippen molar-refractivity contribution in [2.45, 2.75) is 20.3 Å². The zero-order valence-electron chi connectivity index (χ0n) is 14.9. The molecule has 1 heterocycles. The van der Waals surface area contributed by atoms with Gasteiger partial charge in [0, 0.05) is 12.2 Å². The molecule has 0 bridgehead atoms. The number of amides is 1. The van der Waals surface area contributed by atoms with Crippen LogP contribution in [0.25, 0.3) is 5.69 Å². The Balaban J connectivity index is 1.60. The molecule has 0 atom stereocenters. The summed E-state index contributed by atoms with van der Waals surface area (Å²) < 4.78 is 15.4. The highest BCUT2D eigenvalue weighted by Gasteiger charge is 2.14. The number of carbonyl (C=O) groups is 1. The van der Waals surface area contributed by atoms with E-state index in [4.69, 9.17) is 23.2 Å². The minimum Gasteiger partial charge on any atom is -0.352 e. The van der Waals surface area contributed by atoms with Gasteiger partial charge >= 0.3 is 0 Å². The van der Waals surface area contributed by atoms with Crippen LogP contribution in [0.15, 0.2) is 42.5 Å². The van der Waals surface area contributed by atoms with Crippen molar-refractivity contribution in [3.05, 3.63) is 80.8 Å². The summed E-state index contributed by atoms with van der Waals surface area (Å²) in [6, 6.07) is 12.3. The predicted octanol–water partition coefficient (Wildman–Crippen LogP) is 4.91. The van der Waals surface area contributed by atoms with Crippen LogP contribution < -0.4 is 5.32 Å². The van der Waals surface area contributed by atoms with Gasteiger partial charge in [0.05, 0.1) is 27.0 Å². The highest BCUT2D eigenvalue weighted by Crippen LogP contribution is 2.24. The fraction of sp³-hybridized carbons (Fsp3) is 0.200. The Hall–Kier alpha value is -2.37. The third kappa shape index (κ3) is 4.49. The number of hydrogen-bond acceptors (Lipinski definition) is 2. The number of halogens is 3. The van der Waals surface area contributed by atoms with Crippen LogP contribution in [0.3, 0.4) is 0 Å². The Bertz CT molecular complexity index is 984. The zero-order chi connectivity index (χ0) is 19.6. The van der Waals surface area contributed by atoms with Gasteiger partial charge in [0.25, 0.3) is 5.91 Å². The van der Waals surface area contributed by atoms with Gasteiger partial charge in [-0.2, -0.15) is 5.10 Å². The molecule has 0 radical (unpaired) electrons. The first kappa shape index (κ1) is 19.4. The maximum Gasteiger partial charge on any atom is 0.252 e. The smallest absolute Gasteiger partial charge is 0.252 e. The fourth-order valence-electron chi connectivity index (χ4n) is 2.81. The summed E-state index contributed by atoms with van der Waals surface area (Å²) in [4.78, 5) is 12.2. The third-order valence-corrected chi connectivity index (χ3v) is 4.75. The van der Waals surface area contributed by atoms with Crippen molar-refractivity contribution < 1.29 is 9.18 Å². The van der Waals surface area contributed by atoms with E-state index in [2.05, 4.69) is 10.4 Å². The van der Waals surface area contributed by atoms with Crippen LogP contribution in [-0.4, -0.2) is 22.2 Å². The summed E-state index contributed by atoms with van der Waals surface area (Å²) in [5.41, 5.74) is 4.15. The number of nitrogens with zero attached hydrogens (tertiary/aromatic N) is 2. The Morgan fingerprint density at radius 2 is 1.81 bits per heavy atom. The number of aryl methyl sites for hydroxylation is 2.